The van der Waals surface area contributed by atoms with Crippen LogP contribution in [-0.4, -0.2) is 9.97 Å². The molecule has 0 saturated heterocycles. The van der Waals surface area contributed by atoms with E-state index in [2.05, 4.69) is 40.3 Å². The fourth-order valence-corrected chi connectivity index (χ4v) is 2.18. The Labute approximate surface area is 106 Å². The first-order chi connectivity index (χ1) is 8.93. The predicted molar refractivity (Wildman–Crippen MR) is 73.4 cm³/mol. The van der Waals surface area contributed by atoms with Gasteiger partial charge in [0.15, 0.2) is 0 Å². The fourth-order valence-electron chi connectivity index (χ4n) is 2.18. The smallest absolute Gasteiger partial charge is 0.0704 e. The van der Waals surface area contributed by atoms with Gasteiger partial charge in [-0.25, -0.2) is 0 Å². The molecule has 0 atom stereocenters. The van der Waals surface area contributed by atoms with E-state index in [1.54, 1.807) is 0 Å². The van der Waals surface area contributed by atoms with Gasteiger partial charge in [0, 0.05) is 23.5 Å². The van der Waals surface area contributed by atoms with E-state index in [1.165, 1.54) is 10.9 Å². The normalized spacial score (nSPS) is 10.7. The second-order valence-corrected chi connectivity index (χ2v) is 4.31. The van der Waals surface area contributed by atoms with Crippen LogP contribution in [-0.2, 0) is 12.8 Å². The number of aromatic nitrogens is 2. The van der Waals surface area contributed by atoms with Gasteiger partial charge in [-0.05, 0) is 42.7 Å². The Morgan fingerprint density at radius 1 is 0.722 bits per heavy atom. The number of fused-ring (bicyclic) bond motifs is 1. The van der Waals surface area contributed by atoms with Crippen LogP contribution in [0.3, 0.4) is 0 Å². The molecule has 2 nitrogen and oxygen atoms in total. The Morgan fingerprint density at radius 2 is 1.61 bits per heavy atom. The third-order valence-electron chi connectivity index (χ3n) is 3.12. The fraction of sp³-hybridized carbons (Fsp3) is 0.125. The maximum Gasteiger partial charge on any atom is 0.0704 e. The molecule has 0 amide bonds. The molecule has 3 aromatic rings. The molecule has 2 heterocycles. The number of para-hydroxylation sites is 1. The second-order valence-electron chi connectivity index (χ2n) is 4.31. The molecule has 88 valence electrons. The van der Waals surface area contributed by atoms with E-state index < -0.39 is 0 Å². The van der Waals surface area contributed by atoms with Gasteiger partial charge in [-0.15, -0.1) is 0 Å². The van der Waals surface area contributed by atoms with Gasteiger partial charge in [-0.1, -0.05) is 24.3 Å². The van der Waals surface area contributed by atoms with E-state index in [4.69, 9.17) is 0 Å². The molecule has 0 radical (unpaired) electrons. The topological polar surface area (TPSA) is 25.8 Å². The van der Waals surface area contributed by atoms with E-state index in [0.29, 0.717) is 0 Å². The summed E-state index contributed by atoms with van der Waals surface area (Å²) in [6.45, 7) is 0. The van der Waals surface area contributed by atoms with Gasteiger partial charge >= 0.3 is 0 Å². The molecule has 0 unspecified atom stereocenters. The lowest BCUT2D eigenvalue weighted by atomic mass is 10.0. The van der Waals surface area contributed by atoms with Crippen LogP contribution < -0.4 is 0 Å². The van der Waals surface area contributed by atoms with Crippen molar-refractivity contribution in [2.24, 2.45) is 0 Å². The molecule has 0 aliphatic rings. The maximum absolute atomic E-state index is 4.38. The van der Waals surface area contributed by atoms with Crippen LogP contribution in [0.4, 0.5) is 0 Å². The number of rotatable bonds is 3. The Hall–Kier alpha value is -2.22. The summed E-state index contributed by atoms with van der Waals surface area (Å²) in [7, 11) is 0. The molecule has 0 N–H and O–H groups in total. The monoisotopic (exact) mass is 234 g/mol. The highest BCUT2D eigenvalue weighted by molar-refractivity contribution is 5.81. The molecule has 3 rings (SSSR count). The van der Waals surface area contributed by atoms with Crippen LogP contribution in [0.5, 0.6) is 0 Å². The van der Waals surface area contributed by atoms with Crippen molar-refractivity contribution in [3.05, 3.63) is 72.2 Å². The van der Waals surface area contributed by atoms with Crippen molar-refractivity contribution in [1.82, 2.24) is 9.97 Å². The number of hydrogen-bond acceptors (Lipinski definition) is 2. The van der Waals surface area contributed by atoms with E-state index in [1.807, 2.05) is 30.6 Å². The molecule has 18 heavy (non-hydrogen) atoms. The average molecular weight is 234 g/mol. The van der Waals surface area contributed by atoms with Gasteiger partial charge in [-0.3, -0.25) is 9.97 Å². The van der Waals surface area contributed by atoms with Crippen molar-refractivity contribution in [3.63, 3.8) is 0 Å². The summed E-state index contributed by atoms with van der Waals surface area (Å²) in [5.41, 5.74) is 3.54. The SMILES string of the molecule is c1ccc(CCc2ccnc3ccccc23)nc1. The first kappa shape index (κ1) is 10.9. The lowest BCUT2D eigenvalue weighted by Gasteiger charge is -2.05. The van der Waals surface area contributed by atoms with Crippen LogP contribution in [0.1, 0.15) is 11.3 Å². The number of pyridine rings is 2. The number of benzene rings is 1. The second kappa shape index (κ2) is 4.96. The van der Waals surface area contributed by atoms with E-state index in [9.17, 15) is 0 Å². The molecular weight excluding hydrogens is 220 g/mol. The third kappa shape index (κ3) is 2.23. The highest BCUT2D eigenvalue weighted by Crippen LogP contribution is 2.17. The lowest BCUT2D eigenvalue weighted by molar-refractivity contribution is 0.918. The molecule has 0 aliphatic heterocycles. The predicted octanol–water partition coefficient (Wildman–Crippen LogP) is 3.42. The quantitative estimate of drug-likeness (QED) is 0.694. The Morgan fingerprint density at radius 3 is 2.50 bits per heavy atom. The summed E-state index contributed by atoms with van der Waals surface area (Å²) in [5, 5.41) is 1.25. The summed E-state index contributed by atoms with van der Waals surface area (Å²) in [6, 6.07) is 16.4. The first-order valence-electron chi connectivity index (χ1n) is 6.16. The number of nitrogens with zero attached hydrogens (tertiary/aromatic N) is 2. The van der Waals surface area contributed by atoms with Crippen LogP contribution in [0.15, 0.2) is 60.9 Å². The zero-order chi connectivity index (χ0) is 12.2. The largest absolute Gasteiger partial charge is 0.261 e. The highest BCUT2D eigenvalue weighted by Gasteiger charge is 2.02. The van der Waals surface area contributed by atoms with Crippen LogP contribution >= 0.6 is 0 Å². The van der Waals surface area contributed by atoms with E-state index >= 15 is 0 Å². The van der Waals surface area contributed by atoms with Crippen molar-refractivity contribution in [2.45, 2.75) is 12.8 Å². The van der Waals surface area contributed by atoms with E-state index in [0.717, 1.165) is 24.1 Å². The first-order valence-corrected chi connectivity index (χ1v) is 6.16. The van der Waals surface area contributed by atoms with Crippen LogP contribution in [0, 0.1) is 0 Å². The molecule has 1 aromatic carbocycles. The Kier molecular flexibility index (Phi) is 3.01. The highest BCUT2D eigenvalue weighted by atomic mass is 14.7. The Balaban J connectivity index is 1.87. The minimum atomic E-state index is 0.967. The standard InChI is InChI=1S/C16H14N2/c1-2-7-16-15(6-1)13(10-12-18-16)8-9-14-5-3-4-11-17-14/h1-7,10-12H,8-9H2. The Bertz CT molecular complexity index is 642. The summed E-state index contributed by atoms with van der Waals surface area (Å²) in [4.78, 5) is 8.74. The number of aryl methyl sites for hydroxylation is 2. The lowest BCUT2D eigenvalue weighted by Crippen LogP contribution is -1.95. The van der Waals surface area contributed by atoms with Crippen LogP contribution in [0.2, 0.25) is 0 Å². The zero-order valence-corrected chi connectivity index (χ0v) is 10.1. The molecular formula is C16H14N2. The third-order valence-corrected chi connectivity index (χ3v) is 3.12. The van der Waals surface area contributed by atoms with Crippen LogP contribution in [0.25, 0.3) is 10.9 Å². The van der Waals surface area contributed by atoms with Gasteiger partial charge < -0.3 is 0 Å². The minimum absolute atomic E-state index is 0.967. The molecule has 0 aliphatic carbocycles. The molecule has 2 heteroatoms. The van der Waals surface area contributed by atoms with Crippen molar-refractivity contribution < 1.29 is 0 Å². The summed E-state index contributed by atoms with van der Waals surface area (Å²) < 4.78 is 0. The van der Waals surface area contributed by atoms with Gasteiger partial charge in [-0.2, -0.15) is 0 Å². The van der Waals surface area contributed by atoms with Gasteiger partial charge in [0.25, 0.3) is 0 Å². The van der Waals surface area contributed by atoms with Crippen molar-refractivity contribution in [2.75, 3.05) is 0 Å². The molecule has 2 aromatic heterocycles. The van der Waals surface area contributed by atoms with Gasteiger partial charge in [0.05, 0.1) is 5.52 Å². The van der Waals surface area contributed by atoms with Gasteiger partial charge in [0.2, 0.25) is 0 Å². The summed E-state index contributed by atoms with van der Waals surface area (Å²) in [5.74, 6) is 0. The molecule has 0 fully saturated rings. The average Bonchev–Trinajstić information content (AvgIpc) is 2.46. The molecule has 0 saturated carbocycles. The molecule has 0 spiro atoms. The van der Waals surface area contributed by atoms with Crippen molar-refractivity contribution >= 4 is 10.9 Å². The van der Waals surface area contributed by atoms with Crippen molar-refractivity contribution in [1.29, 1.82) is 0 Å². The molecule has 0 bridgehead atoms. The summed E-state index contributed by atoms with van der Waals surface area (Å²) >= 11 is 0. The maximum atomic E-state index is 4.38. The van der Waals surface area contributed by atoms with E-state index in [-0.39, 0.29) is 0 Å². The summed E-state index contributed by atoms with van der Waals surface area (Å²) in [6.07, 6.45) is 5.70. The number of hydrogen-bond donors (Lipinski definition) is 0. The zero-order valence-electron chi connectivity index (χ0n) is 10.1. The van der Waals surface area contributed by atoms with Gasteiger partial charge in [0.1, 0.15) is 0 Å². The minimum Gasteiger partial charge on any atom is -0.261 e. The van der Waals surface area contributed by atoms with Crippen molar-refractivity contribution in [3.8, 4) is 0 Å².